The quantitative estimate of drug-likeness (QED) is 0.346. The lowest BCUT2D eigenvalue weighted by molar-refractivity contribution is -0.168. The maximum Gasteiger partial charge on any atom is 0.336 e. The summed E-state index contributed by atoms with van der Waals surface area (Å²) in [5, 5.41) is 40.3. The van der Waals surface area contributed by atoms with E-state index in [1.165, 1.54) is 0 Å². The average molecular weight is 226 g/mol. The second kappa shape index (κ2) is 9.34. The normalized spacial score (nSPS) is 13.3. The van der Waals surface area contributed by atoms with Crippen molar-refractivity contribution in [2.24, 2.45) is 0 Å². The lowest BCUT2D eigenvalue weighted by Crippen LogP contribution is -2.40. The lowest BCUT2D eigenvalue weighted by Gasteiger charge is -2.12. The van der Waals surface area contributed by atoms with Crippen molar-refractivity contribution in [2.75, 3.05) is 20.3 Å². The number of methoxy groups -OCH3 is 1. The fourth-order valence-electron chi connectivity index (χ4n) is 0.494. The van der Waals surface area contributed by atoms with Crippen molar-refractivity contribution in [1.29, 1.82) is 0 Å². The number of carbonyl (C=O) groups is 2. The minimum absolute atomic E-state index is 0.125. The summed E-state index contributed by atoms with van der Waals surface area (Å²) in [6, 6.07) is 0. The third-order valence-corrected chi connectivity index (χ3v) is 1.14. The van der Waals surface area contributed by atoms with Crippen LogP contribution in [0.4, 0.5) is 0 Å². The second-order valence-corrected chi connectivity index (χ2v) is 2.22. The Morgan fingerprint density at radius 1 is 1.13 bits per heavy atom. The average Bonchev–Trinajstić information content (AvgIpc) is 2.18. The van der Waals surface area contributed by atoms with Crippen molar-refractivity contribution in [2.45, 2.75) is 12.2 Å². The van der Waals surface area contributed by atoms with Crippen LogP contribution in [0.5, 0.6) is 0 Å². The van der Waals surface area contributed by atoms with Crippen LogP contribution < -0.4 is 0 Å². The summed E-state index contributed by atoms with van der Waals surface area (Å²) < 4.78 is 4.20. The number of aliphatic hydroxyl groups is 3. The van der Waals surface area contributed by atoms with Crippen molar-refractivity contribution in [1.82, 2.24) is 0 Å². The van der Waals surface area contributed by atoms with Gasteiger partial charge in [-0.2, -0.15) is 0 Å². The molecule has 0 spiro atoms. The van der Waals surface area contributed by atoms with Crippen molar-refractivity contribution in [3.63, 3.8) is 0 Å². The molecule has 0 bridgehead atoms. The van der Waals surface area contributed by atoms with Crippen LogP contribution in [-0.4, -0.2) is 70.0 Å². The fourth-order valence-corrected chi connectivity index (χ4v) is 0.494. The van der Waals surface area contributed by atoms with E-state index < -0.39 is 24.1 Å². The van der Waals surface area contributed by atoms with Gasteiger partial charge in [0.25, 0.3) is 0 Å². The lowest BCUT2D eigenvalue weighted by atomic mass is 10.2. The van der Waals surface area contributed by atoms with Gasteiger partial charge in [0.15, 0.2) is 12.2 Å². The summed E-state index contributed by atoms with van der Waals surface area (Å²) in [5.41, 5.74) is 0. The van der Waals surface area contributed by atoms with Crippen LogP contribution in [0.15, 0.2) is 0 Å². The molecule has 0 aromatic heterocycles. The number of carboxylic acid groups (broad SMARTS) is 2. The summed E-state index contributed by atoms with van der Waals surface area (Å²) >= 11 is 0. The molecule has 0 radical (unpaired) electrons. The van der Waals surface area contributed by atoms with E-state index in [9.17, 15) is 9.59 Å². The highest BCUT2D eigenvalue weighted by Gasteiger charge is 2.31. The van der Waals surface area contributed by atoms with E-state index in [0.29, 0.717) is 0 Å². The molecular weight excluding hydrogens is 212 g/mol. The Hall–Kier alpha value is -1.22. The molecule has 0 saturated heterocycles. The van der Waals surface area contributed by atoms with Crippen LogP contribution in [-0.2, 0) is 14.3 Å². The molecule has 0 aliphatic heterocycles. The van der Waals surface area contributed by atoms with Crippen molar-refractivity contribution >= 4 is 11.9 Å². The van der Waals surface area contributed by atoms with E-state index in [1.54, 1.807) is 0 Å². The number of ether oxygens (including phenoxy) is 1. The Kier molecular flexibility index (Phi) is 10.1. The SMILES string of the molecule is COC(C(=O)O)C(O)C(=O)O.OCCO. The van der Waals surface area contributed by atoms with Gasteiger partial charge in [0.2, 0.25) is 0 Å². The van der Waals surface area contributed by atoms with Crippen molar-refractivity contribution in [3.8, 4) is 0 Å². The molecule has 8 heteroatoms. The highest BCUT2D eigenvalue weighted by Crippen LogP contribution is 1.98. The van der Waals surface area contributed by atoms with E-state index in [1.807, 2.05) is 0 Å². The molecule has 0 aromatic carbocycles. The number of aliphatic carboxylic acids is 2. The Morgan fingerprint density at radius 3 is 1.60 bits per heavy atom. The van der Waals surface area contributed by atoms with Gasteiger partial charge in [-0.05, 0) is 0 Å². The van der Waals surface area contributed by atoms with Gasteiger partial charge in [-0.25, -0.2) is 9.59 Å². The molecule has 0 rings (SSSR count). The first kappa shape index (κ1) is 16.2. The molecule has 8 nitrogen and oxygen atoms in total. The van der Waals surface area contributed by atoms with Gasteiger partial charge in [-0.3, -0.25) is 0 Å². The highest BCUT2D eigenvalue weighted by molar-refractivity contribution is 5.83. The van der Waals surface area contributed by atoms with Crippen LogP contribution >= 0.6 is 0 Å². The standard InChI is InChI=1S/C5H8O6.C2H6O2/c1-11-3(5(9)10)2(6)4(7)8;3-1-2-4/h2-3,6H,1H3,(H,7,8)(H,9,10);3-4H,1-2H2. The van der Waals surface area contributed by atoms with E-state index in [4.69, 9.17) is 25.5 Å². The largest absolute Gasteiger partial charge is 0.479 e. The smallest absolute Gasteiger partial charge is 0.336 e. The zero-order valence-electron chi connectivity index (χ0n) is 8.03. The number of aliphatic hydroxyl groups excluding tert-OH is 3. The number of rotatable bonds is 5. The molecular formula is C7H14O8. The molecule has 0 aliphatic rings. The number of hydrogen-bond donors (Lipinski definition) is 5. The first-order valence-electron chi connectivity index (χ1n) is 3.80. The first-order valence-corrected chi connectivity index (χ1v) is 3.80. The monoisotopic (exact) mass is 226 g/mol. The van der Waals surface area contributed by atoms with Crippen LogP contribution in [0.1, 0.15) is 0 Å². The summed E-state index contributed by atoms with van der Waals surface area (Å²) in [5.74, 6) is -3.14. The predicted octanol–water partition coefficient (Wildman–Crippen LogP) is -2.50. The molecule has 0 saturated carbocycles. The minimum Gasteiger partial charge on any atom is -0.479 e. The zero-order valence-corrected chi connectivity index (χ0v) is 8.03. The van der Waals surface area contributed by atoms with Crippen LogP contribution in [0.3, 0.4) is 0 Å². The Labute approximate surface area is 85.3 Å². The van der Waals surface area contributed by atoms with Crippen LogP contribution in [0, 0.1) is 0 Å². The van der Waals surface area contributed by atoms with Gasteiger partial charge in [0.05, 0.1) is 13.2 Å². The maximum absolute atomic E-state index is 10.1. The molecule has 5 N–H and O–H groups in total. The molecule has 0 aromatic rings. The highest BCUT2D eigenvalue weighted by atomic mass is 16.5. The third-order valence-electron chi connectivity index (χ3n) is 1.14. The summed E-state index contributed by atoms with van der Waals surface area (Å²) in [6.07, 6.45) is -3.75. The topological polar surface area (TPSA) is 145 Å². The van der Waals surface area contributed by atoms with E-state index in [0.717, 1.165) is 7.11 Å². The molecule has 0 fully saturated rings. The predicted molar refractivity (Wildman–Crippen MR) is 46.2 cm³/mol. The summed E-state index contributed by atoms with van der Waals surface area (Å²) in [4.78, 5) is 20.1. The van der Waals surface area contributed by atoms with Crippen LogP contribution in [0.25, 0.3) is 0 Å². The van der Waals surface area contributed by atoms with E-state index in [2.05, 4.69) is 4.74 Å². The van der Waals surface area contributed by atoms with Crippen LogP contribution in [0.2, 0.25) is 0 Å². The Morgan fingerprint density at radius 2 is 1.53 bits per heavy atom. The molecule has 2 atom stereocenters. The Bertz CT molecular complexity index is 189. The molecule has 0 amide bonds. The van der Waals surface area contributed by atoms with E-state index in [-0.39, 0.29) is 13.2 Å². The fraction of sp³-hybridized carbons (Fsp3) is 0.714. The molecule has 90 valence electrons. The number of carboxylic acids is 2. The minimum atomic E-state index is -2.03. The van der Waals surface area contributed by atoms with E-state index >= 15 is 0 Å². The van der Waals surface area contributed by atoms with Gasteiger partial charge in [0.1, 0.15) is 0 Å². The third kappa shape index (κ3) is 7.82. The molecule has 2 unspecified atom stereocenters. The van der Waals surface area contributed by atoms with Gasteiger partial charge in [-0.15, -0.1) is 0 Å². The van der Waals surface area contributed by atoms with Crippen molar-refractivity contribution < 1.29 is 39.9 Å². The number of hydrogen-bond acceptors (Lipinski definition) is 6. The van der Waals surface area contributed by atoms with Gasteiger partial charge >= 0.3 is 11.9 Å². The summed E-state index contributed by atoms with van der Waals surface area (Å²) in [7, 11) is 1.00. The Balaban J connectivity index is 0. The van der Waals surface area contributed by atoms with Gasteiger partial charge < -0.3 is 30.3 Å². The maximum atomic E-state index is 10.1. The first-order chi connectivity index (χ1) is 6.92. The molecule has 0 aliphatic carbocycles. The molecule has 0 heterocycles. The van der Waals surface area contributed by atoms with Gasteiger partial charge in [0, 0.05) is 7.11 Å². The van der Waals surface area contributed by atoms with Crippen molar-refractivity contribution in [3.05, 3.63) is 0 Å². The second-order valence-electron chi connectivity index (χ2n) is 2.22. The van der Waals surface area contributed by atoms with Gasteiger partial charge in [-0.1, -0.05) is 0 Å². The molecule has 15 heavy (non-hydrogen) atoms. The zero-order chi connectivity index (χ0) is 12.4. The summed E-state index contributed by atoms with van der Waals surface area (Å²) in [6.45, 7) is -0.250.